The first-order valence-corrected chi connectivity index (χ1v) is 7.08. The van der Waals surface area contributed by atoms with Crippen molar-refractivity contribution in [1.29, 1.82) is 0 Å². The van der Waals surface area contributed by atoms with E-state index in [1.807, 2.05) is 6.07 Å². The Bertz CT molecular complexity index is 696. The molecule has 2 aliphatic rings. The van der Waals surface area contributed by atoms with E-state index in [-0.39, 0.29) is 0 Å². The fraction of sp³-hybridized carbons (Fsp3) is 0.133. The average Bonchev–Trinajstić information content (AvgIpc) is 2.97. The summed E-state index contributed by atoms with van der Waals surface area (Å²) in [7, 11) is 1.70. The van der Waals surface area contributed by atoms with Gasteiger partial charge in [-0.3, -0.25) is 0 Å². The Morgan fingerprint density at radius 3 is 2.89 bits per heavy atom. The highest BCUT2D eigenvalue weighted by Crippen LogP contribution is 2.43. The second-order valence-corrected chi connectivity index (χ2v) is 5.23. The zero-order chi connectivity index (χ0) is 12.8. The number of hydrogen-bond donors (Lipinski definition) is 0. The fourth-order valence-electron chi connectivity index (χ4n) is 2.64. The zero-order valence-electron chi connectivity index (χ0n) is 10.5. The molecule has 0 aliphatic carbocycles. The van der Waals surface area contributed by atoms with Crippen molar-refractivity contribution < 1.29 is 4.74 Å². The molecule has 2 aromatic carbocycles. The summed E-state index contributed by atoms with van der Waals surface area (Å²) < 4.78 is 9.91. The van der Waals surface area contributed by atoms with Crippen LogP contribution in [0.15, 0.2) is 46.9 Å². The van der Waals surface area contributed by atoms with E-state index in [4.69, 9.17) is 4.74 Å². The molecule has 19 heavy (non-hydrogen) atoms. The van der Waals surface area contributed by atoms with Crippen LogP contribution in [-0.4, -0.2) is 18.8 Å². The summed E-state index contributed by atoms with van der Waals surface area (Å²) in [5.74, 6) is 2.79. The summed E-state index contributed by atoms with van der Waals surface area (Å²) in [5.41, 5.74) is 4.89. The number of rotatable bonds is 1. The third-order valence-corrected chi connectivity index (χ3v) is 4.22. The van der Waals surface area contributed by atoms with E-state index >= 15 is 0 Å². The van der Waals surface area contributed by atoms with Gasteiger partial charge in [-0.2, -0.15) is 4.40 Å². The van der Waals surface area contributed by atoms with Crippen molar-refractivity contribution in [3.8, 4) is 16.9 Å². The summed E-state index contributed by atoms with van der Waals surface area (Å²) in [6.45, 7) is 0. The van der Waals surface area contributed by atoms with Crippen molar-refractivity contribution in [2.24, 2.45) is 4.40 Å². The van der Waals surface area contributed by atoms with Crippen molar-refractivity contribution in [2.45, 2.75) is 0 Å². The summed E-state index contributed by atoms with van der Waals surface area (Å²) in [6.07, 6.45) is 0. The smallest absolute Gasteiger partial charge is 0.150 e. The molecule has 2 aliphatic heterocycles. The van der Waals surface area contributed by atoms with Gasteiger partial charge in [-0.1, -0.05) is 18.2 Å². The minimum atomic E-state index is 0.873. The SMILES string of the molecule is COc1ccc2c(c1)C1=NSCN1c1ccccc1-2. The predicted molar refractivity (Wildman–Crippen MR) is 79.9 cm³/mol. The topological polar surface area (TPSA) is 24.8 Å². The lowest BCUT2D eigenvalue weighted by Crippen LogP contribution is -2.31. The maximum Gasteiger partial charge on any atom is 0.150 e. The van der Waals surface area contributed by atoms with E-state index in [9.17, 15) is 0 Å². The van der Waals surface area contributed by atoms with Gasteiger partial charge in [-0.15, -0.1) is 0 Å². The number of methoxy groups -OCH3 is 1. The molecule has 0 radical (unpaired) electrons. The van der Waals surface area contributed by atoms with Gasteiger partial charge in [-0.25, -0.2) is 0 Å². The van der Waals surface area contributed by atoms with Gasteiger partial charge in [0, 0.05) is 11.1 Å². The molecule has 0 spiro atoms. The Kier molecular flexibility index (Phi) is 2.32. The first-order chi connectivity index (χ1) is 9.38. The Balaban J connectivity index is 2.03. The maximum absolute atomic E-state index is 5.34. The number of amidine groups is 1. The minimum absolute atomic E-state index is 0.873. The molecule has 0 fully saturated rings. The van der Waals surface area contributed by atoms with Crippen LogP contribution in [0, 0.1) is 0 Å². The quantitative estimate of drug-likeness (QED) is 0.739. The first kappa shape index (κ1) is 10.9. The zero-order valence-corrected chi connectivity index (χ0v) is 11.3. The first-order valence-electron chi connectivity index (χ1n) is 6.14. The molecule has 0 N–H and O–H groups in total. The standard InChI is InChI=1S/C15H12N2OS/c1-18-10-6-7-11-12-4-2-3-5-14(12)17-9-19-16-15(17)13(11)8-10/h2-8H,9H2,1H3. The van der Waals surface area contributed by atoms with Crippen LogP contribution in [0.2, 0.25) is 0 Å². The van der Waals surface area contributed by atoms with Gasteiger partial charge in [0.15, 0.2) is 0 Å². The van der Waals surface area contributed by atoms with Crippen LogP contribution in [0.3, 0.4) is 0 Å². The van der Waals surface area contributed by atoms with Gasteiger partial charge in [0.1, 0.15) is 11.6 Å². The highest BCUT2D eigenvalue weighted by molar-refractivity contribution is 7.98. The molecule has 0 aromatic heterocycles. The number of anilines is 1. The highest BCUT2D eigenvalue weighted by atomic mass is 32.2. The molecule has 0 saturated heterocycles. The van der Waals surface area contributed by atoms with Crippen LogP contribution in [-0.2, 0) is 0 Å². The third-order valence-electron chi connectivity index (χ3n) is 3.55. The largest absolute Gasteiger partial charge is 0.497 e. The number of hydrogen-bond acceptors (Lipinski definition) is 4. The number of fused-ring (bicyclic) bond motifs is 6. The van der Waals surface area contributed by atoms with Crippen molar-refractivity contribution in [2.75, 3.05) is 17.9 Å². The second-order valence-electron chi connectivity index (χ2n) is 4.53. The van der Waals surface area contributed by atoms with Crippen LogP contribution < -0.4 is 9.64 Å². The Hall–Kier alpha value is -1.94. The molecular weight excluding hydrogens is 256 g/mol. The Labute approximate surface area is 116 Å². The molecule has 4 heteroatoms. The second kappa shape index (κ2) is 4.03. The van der Waals surface area contributed by atoms with Crippen LogP contribution in [0.1, 0.15) is 5.56 Å². The van der Waals surface area contributed by atoms with E-state index < -0.39 is 0 Å². The minimum Gasteiger partial charge on any atom is -0.497 e. The van der Waals surface area contributed by atoms with Crippen LogP contribution >= 0.6 is 11.9 Å². The monoisotopic (exact) mass is 268 g/mol. The summed E-state index contributed by atoms with van der Waals surface area (Å²) in [6, 6.07) is 14.7. The molecule has 2 heterocycles. The van der Waals surface area contributed by atoms with E-state index in [2.05, 4.69) is 45.7 Å². The Morgan fingerprint density at radius 1 is 1.11 bits per heavy atom. The number of nitrogens with zero attached hydrogens (tertiary/aromatic N) is 2. The Morgan fingerprint density at radius 2 is 2.00 bits per heavy atom. The van der Waals surface area contributed by atoms with Crippen LogP contribution in [0.25, 0.3) is 11.1 Å². The molecule has 0 amide bonds. The molecular formula is C15H12N2OS. The van der Waals surface area contributed by atoms with Crippen molar-refractivity contribution in [3.63, 3.8) is 0 Å². The number of benzene rings is 2. The van der Waals surface area contributed by atoms with Crippen molar-refractivity contribution >= 4 is 23.5 Å². The van der Waals surface area contributed by atoms with Gasteiger partial charge < -0.3 is 9.64 Å². The fourth-order valence-corrected chi connectivity index (χ4v) is 3.40. The van der Waals surface area contributed by atoms with E-state index in [1.165, 1.54) is 16.8 Å². The molecule has 4 rings (SSSR count). The van der Waals surface area contributed by atoms with Gasteiger partial charge in [-0.05, 0) is 41.8 Å². The molecule has 94 valence electrons. The predicted octanol–water partition coefficient (Wildman–Crippen LogP) is 3.55. The lowest BCUT2D eigenvalue weighted by molar-refractivity contribution is 0.415. The lowest BCUT2D eigenvalue weighted by atomic mass is 9.92. The van der Waals surface area contributed by atoms with Crippen molar-refractivity contribution in [1.82, 2.24) is 0 Å². The highest BCUT2D eigenvalue weighted by Gasteiger charge is 2.30. The number of para-hydroxylation sites is 1. The van der Waals surface area contributed by atoms with Crippen LogP contribution in [0.5, 0.6) is 5.75 Å². The van der Waals surface area contributed by atoms with Gasteiger partial charge in [0.05, 0.1) is 18.7 Å². The summed E-state index contributed by atoms with van der Waals surface area (Å²) in [5, 5.41) is 0. The van der Waals surface area contributed by atoms with Gasteiger partial charge >= 0.3 is 0 Å². The molecule has 0 bridgehead atoms. The molecule has 0 saturated carbocycles. The molecule has 0 unspecified atom stereocenters. The van der Waals surface area contributed by atoms with Crippen LogP contribution in [0.4, 0.5) is 5.69 Å². The van der Waals surface area contributed by atoms with Crippen molar-refractivity contribution in [3.05, 3.63) is 48.0 Å². The summed E-state index contributed by atoms with van der Waals surface area (Å²) >= 11 is 1.59. The normalized spacial score (nSPS) is 15.4. The van der Waals surface area contributed by atoms with E-state index in [1.54, 1.807) is 19.1 Å². The summed E-state index contributed by atoms with van der Waals surface area (Å²) in [4.78, 5) is 2.27. The molecule has 3 nitrogen and oxygen atoms in total. The van der Waals surface area contributed by atoms with E-state index in [0.29, 0.717) is 0 Å². The van der Waals surface area contributed by atoms with Gasteiger partial charge in [0.25, 0.3) is 0 Å². The van der Waals surface area contributed by atoms with Gasteiger partial charge in [0.2, 0.25) is 0 Å². The third kappa shape index (κ3) is 1.50. The molecule has 0 atom stereocenters. The number of ether oxygens (including phenoxy) is 1. The van der Waals surface area contributed by atoms with E-state index in [0.717, 1.165) is 23.0 Å². The maximum atomic E-state index is 5.34. The molecule has 2 aromatic rings. The average molecular weight is 268 g/mol. The lowest BCUT2D eigenvalue weighted by Gasteiger charge is -2.29.